The number of benzene rings is 2. The number of rotatable bonds is 4. The molecule has 0 saturated heterocycles. The number of hydrogen-bond acceptors (Lipinski definition) is 8. The molecular formula is C21H17ClN8O. The Balaban J connectivity index is 1.94. The van der Waals surface area contributed by atoms with Gasteiger partial charge in [-0.2, -0.15) is 15.2 Å². The molecule has 0 amide bonds. The van der Waals surface area contributed by atoms with Crippen LogP contribution in [0.25, 0.3) is 16.6 Å². The lowest BCUT2D eigenvalue weighted by molar-refractivity contribution is 0.731. The molecular weight excluding hydrogens is 416 g/mol. The highest BCUT2D eigenvalue weighted by Gasteiger charge is 2.21. The second-order valence-corrected chi connectivity index (χ2v) is 7.16. The molecule has 9 nitrogen and oxygen atoms in total. The normalized spacial score (nSPS) is 11.8. The number of nitrogens with one attached hydrogen (secondary N) is 1. The Hall–Kier alpha value is -4.16. The summed E-state index contributed by atoms with van der Waals surface area (Å²) in [4.78, 5) is 26.0. The predicted molar refractivity (Wildman–Crippen MR) is 120 cm³/mol. The van der Waals surface area contributed by atoms with E-state index in [0.29, 0.717) is 27.4 Å². The van der Waals surface area contributed by atoms with E-state index in [1.165, 1.54) is 4.57 Å². The van der Waals surface area contributed by atoms with E-state index >= 15 is 0 Å². The quantitative estimate of drug-likeness (QED) is 0.445. The van der Waals surface area contributed by atoms with Gasteiger partial charge in [-0.05, 0) is 31.2 Å². The standard InChI is InChI=1S/C21H17ClN8O/c1-11(26-18-13(10-23)17(24)28-21(25)29-18)19-27-15-9-5-8-14(22)16(15)20(31)30(19)12-6-3-2-4-7-12/h2-9,11H,1H3,(H5,24,25,26,28,29)/t11-/m0/s1. The van der Waals surface area contributed by atoms with Gasteiger partial charge in [0, 0.05) is 0 Å². The van der Waals surface area contributed by atoms with Gasteiger partial charge in [0.15, 0.2) is 5.82 Å². The SMILES string of the molecule is C[C@H](Nc1nc(N)nc(N)c1C#N)c1nc2cccc(Cl)c2c(=O)n1-c1ccccc1. The summed E-state index contributed by atoms with van der Waals surface area (Å²) in [5.74, 6) is 0.430. The summed E-state index contributed by atoms with van der Waals surface area (Å²) in [5.41, 5.74) is 12.3. The molecule has 0 unspecified atom stereocenters. The number of nitrogens with two attached hydrogens (primary N) is 2. The van der Waals surface area contributed by atoms with Gasteiger partial charge in [-0.15, -0.1) is 0 Å². The summed E-state index contributed by atoms with van der Waals surface area (Å²) >= 11 is 6.31. The summed E-state index contributed by atoms with van der Waals surface area (Å²) in [6.07, 6.45) is 0. The van der Waals surface area contributed by atoms with Crippen molar-refractivity contribution in [3.8, 4) is 11.8 Å². The van der Waals surface area contributed by atoms with Crippen LogP contribution in [-0.2, 0) is 0 Å². The first-order valence-corrected chi connectivity index (χ1v) is 9.64. The molecule has 0 aliphatic heterocycles. The van der Waals surface area contributed by atoms with Crippen molar-refractivity contribution < 1.29 is 0 Å². The van der Waals surface area contributed by atoms with Gasteiger partial charge in [-0.25, -0.2) is 4.98 Å². The van der Waals surface area contributed by atoms with Crippen LogP contribution in [0.4, 0.5) is 17.6 Å². The zero-order valence-electron chi connectivity index (χ0n) is 16.4. The van der Waals surface area contributed by atoms with Crippen molar-refractivity contribution in [2.75, 3.05) is 16.8 Å². The number of hydrogen-bond donors (Lipinski definition) is 3. The molecule has 0 spiro atoms. The maximum atomic E-state index is 13.5. The largest absolute Gasteiger partial charge is 0.382 e. The Labute approximate surface area is 181 Å². The predicted octanol–water partition coefficient (Wildman–Crippen LogP) is 3.04. The molecule has 0 saturated carbocycles. The van der Waals surface area contributed by atoms with E-state index in [9.17, 15) is 10.1 Å². The fraction of sp³-hybridized carbons (Fsp3) is 0.0952. The molecule has 5 N–H and O–H groups in total. The summed E-state index contributed by atoms with van der Waals surface area (Å²) in [6, 6.07) is 15.6. The van der Waals surface area contributed by atoms with E-state index in [1.54, 1.807) is 37.3 Å². The van der Waals surface area contributed by atoms with Crippen molar-refractivity contribution in [1.82, 2.24) is 19.5 Å². The molecule has 4 rings (SSSR count). The Morgan fingerprint density at radius 3 is 2.55 bits per heavy atom. The Kier molecular flexibility index (Phi) is 5.15. The zero-order valence-corrected chi connectivity index (χ0v) is 17.1. The lowest BCUT2D eigenvalue weighted by Gasteiger charge is -2.21. The average Bonchev–Trinajstić information content (AvgIpc) is 2.74. The molecule has 154 valence electrons. The van der Waals surface area contributed by atoms with E-state index in [-0.39, 0.29) is 28.7 Å². The number of para-hydroxylation sites is 1. The third-order valence-corrected chi connectivity index (χ3v) is 5.01. The van der Waals surface area contributed by atoms with Crippen LogP contribution < -0.4 is 22.3 Å². The number of aromatic nitrogens is 4. The number of nitrogens with zero attached hydrogens (tertiary/aromatic N) is 5. The lowest BCUT2D eigenvalue weighted by Crippen LogP contribution is -2.28. The maximum absolute atomic E-state index is 13.5. The molecule has 31 heavy (non-hydrogen) atoms. The fourth-order valence-corrected chi connectivity index (χ4v) is 3.55. The van der Waals surface area contributed by atoms with Gasteiger partial charge in [-0.1, -0.05) is 35.9 Å². The zero-order chi connectivity index (χ0) is 22.1. The summed E-state index contributed by atoms with van der Waals surface area (Å²) in [5, 5.41) is 13.2. The highest BCUT2D eigenvalue weighted by Crippen LogP contribution is 2.26. The van der Waals surface area contributed by atoms with Crippen molar-refractivity contribution in [3.63, 3.8) is 0 Å². The summed E-state index contributed by atoms with van der Waals surface area (Å²) in [7, 11) is 0. The van der Waals surface area contributed by atoms with Crippen molar-refractivity contribution in [2.45, 2.75) is 13.0 Å². The van der Waals surface area contributed by atoms with Gasteiger partial charge in [0.05, 0.1) is 27.7 Å². The van der Waals surface area contributed by atoms with Crippen molar-refractivity contribution in [3.05, 3.63) is 75.3 Å². The summed E-state index contributed by atoms with van der Waals surface area (Å²) in [6.45, 7) is 1.78. The van der Waals surface area contributed by atoms with E-state index in [1.807, 2.05) is 24.3 Å². The van der Waals surface area contributed by atoms with Crippen LogP contribution >= 0.6 is 11.6 Å². The van der Waals surface area contributed by atoms with Gasteiger partial charge in [0.25, 0.3) is 5.56 Å². The van der Waals surface area contributed by atoms with Crippen LogP contribution in [0.3, 0.4) is 0 Å². The van der Waals surface area contributed by atoms with Crippen LogP contribution in [0.2, 0.25) is 5.02 Å². The minimum Gasteiger partial charge on any atom is -0.382 e. The molecule has 0 aliphatic rings. The molecule has 0 bridgehead atoms. The first kappa shape index (κ1) is 20.1. The minimum atomic E-state index is -0.558. The van der Waals surface area contributed by atoms with Crippen LogP contribution in [0.5, 0.6) is 0 Å². The van der Waals surface area contributed by atoms with Crippen molar-refractivity contribution in [1.29, 1.82) is 5.26 Å². The molecule has 0 radical (unpaired) electrons. The average molecular weight is 433 g/mol. The molecule has 1 atom stereocenters. The molecule has 4 aromatic rings. The van der Waals surface area contributed by atoms with Gasteiger partial charge in [0.2, 0.25) is 5.95 Å². The molecule has 0 fully saturated rings. The van der Waals surface area contributed by atoms with Crippen LogP contribution in [-0.4, -0.2) is 19.5 Å². The van der Waals surface area contributed by atoms with Crippen molar-refractivity contribution in [2.24, 2.45) is 0 Å². The second kappa shape index (κ2) is 7.93. The minimum absolute atomic E-state index is 0.0385. The highest BCUT2D eigenvalue weighted by molar-refractivity contribution is 6.35. The third kappa shape index (κ3) is 3.60. The number of halogens is 1. The Bertz CT molecular complexity index is 1390. The molecule has 10 heteroatoms. The molecule has 2 heterocycles. The topological polar surface area (TPSA) is 149 Å². The van der Waals surface area contributed by atoms with Gasteiger partial charge >= 0.3 is 0 Å². The monoisotopic (exact) mass is 432 g/mol. The number of fused-ring (bicyclic) bond motifs is 1. The Morgan fingerprint density at radius 2 is 1.84 bits per heavy atom. The fourth-order valence-electron chi connectivity index (χ4n) is 3.30. The summed E-state index contributed by atoms with van der Waals surface area (Å²) < 4.78 is 1.48. The number of nitriles is 1. The van der Waals surface area contributed by atoms with Crippen LogP contribution in [0.15, 0.2) is 53.3 Å². The van der Waals surface area contributed by atoms with Crippen molar-refractivity contribution >= 4 is 40.1 Å². The first-order valence-electron chi connectivity index (χ1n) is 9.27. The molecule has 2 aromatic heterocycles. The molecule has 2 aromatic carbocycles. The van der Waals surface area contributed by atoms with E-state index in [4.69, 9.17) is 28.1 Å². The van der Waals surface area contributed by atoms with Gasteiger partial charge < -0.3 is 16.8 Å². The number of nitrogen functional groups attached to an aromatic ring is 2. The maximum Gasteiger partial charge on any atom is 0.267 e. The smallest absolute Gasteiger partial charge is 0.267 e. The van der Waals surface area contributed by atoms with E-state index in [0.717, 1.165) is 0 Å². The van der Waals surface area contributed by atoms with Crippen LogP contribution in [0.1, 0.15) is 24.4 Å². The first-order chi connectivity index (χ1) is 14.9. The number of anilines is 3. The van der Waals surface area contributed by atoms with Crippen LogP contribution in [0, 0.1) is 11.3 Å². The third-order valence-electron chi connectivity index (χ3n) is 4.69. The Morgan fingerprint density at radius 1 is 1.10 bits per heavy atom. The van der Waals surface area contributed by atoms with Gasteiger partial charge in [-0.3, -0.25) is 9.36 Å². The van der Waals surface area contributed by atoms with Gasteiger partial charge in [0.1, 0.15) is 23.3 Å². The highest BCUT2D eigenvalue weighted by atomic mass is 35.5. The molecule has 0 aliphatic carbocycles. The van der Waals surface area contributed by atoms with E-state index in [2.05, 4.69) is 15.3 Å². The second-order valence-electron chi connectivity index (χ2n) is 6.75. The van der Waals surface area contributed by atoms with E-state index < -0.39 is 6.04 Å². The lowest BCUT2D eigenvalue weighted by atomic mass is 10.2.